The fourth-order valence-corrected chi connectivity index (χ4v) is 9.64. The summed E-state index contributed by atoms with van der Waals surface area (Å²) >= 11 is 0. The Labute approximate surface area is 219 Å². The van der Waals surface area contributed by atoms with Crippen LogP contribution in [0.25, 0.3) is 0 Å². The molecular weight excluding hydrogens is 470 g/mol. The number of ketones is 1. The molecule has 4 aliphatic carbocycles. The van der Waals surface area contributed by atoms with E-state index in [1.807, 2.05) is 6.92 Å². The lowest BCUT2D eigenvalue weighted by molar-refractivity contribution is -0.386. The number of hydrogen-bond donors (Lipinski definition) is 0. The van der Waals surface area contributed by atoms with Crippen LogP contribution in [0, 0.1) is 49.5 Å². The maximum absolute atomic E-state index is 13.9. The summed E-state index contributed by atoms with van der Waals surface area (Å²) in [6, 6.07) is 6.65. The quantitative estimate of drug-likeness (QED) is 0.243. The van der Waals surface area contributed by atoms with E-state index < -0.39 is 5.41 Å². The lowest BCUT2D eigenvalue weighted by Crippen LogP contribution is -2.60. The van der Waals surface area contributed by atoms with Crippen molar-refractivity contribution < 1.29 is 24.0 Å². The summed E-state index contributed by atoms with van der Waals surface area (Å²) in [5, 5.41) is 11.4. The van der Waals surface area contributed by atoms with E-state index in [0.29, 0.717) is 30.5 Å². The molecule has 5 rings (SSSR count). The highest BCUT2D eigenvalue weighted by molar-refractivity contribution is 5.90. The van der Waals surface area contributed by atoms with E-state index in [1.54, 1.807) is 18.2 Å². The Hall–Kier alpha value is -2.28. The first kappa shape index (κ1) is 26.3. The molecule has 4 fully saturated rings. The van der Waals surface area contributed by atoms with Crippen molar-refractivity contribution in [3.8, 4) is 0 Å². The molecule has 7 heteroatoms. The number of fused-ring (bicyclic) bond motifs is 3. The Morgan fingerprint density at radius 3 is 2.54 bits per heavy atom. The van der Waals surface area contributed by atoms with Gasteiger partial charge >= 0.3 is 5.97 Å². The van der Waals surface area contributed by atoms with Gasteiger partial charge in [0.1, 0.15) is 5.78 Å². The highest BCUT2D eigenvalue weighted by Crippen LogP contribution is 2.74. The zero-order valence-corrected chi connectivity index (χ0v) is 22.7. The number of ether oxygens (including phenoxy) is 2. The number of Topliss-reactive ketones (excluding diaryl/α,β-unsaturated/α-hetero) is 1. The van der Waals surface area contributed by atoms with Crippen LogP contribution in [0.5, 0.6) is 0 Å². The summed E-state index contributed by atoms with van der Waals surface area (Å²) < 4.78 is 11.7. The molecular formula is C30H41NO6. The van der Waals surface area contributed by atoms with Crippen LogP contribution in [0.2, 0.25) is 0 Å². The van der Waals surface area contributed by atoms with Gasteiger partial charge in [0.05, 0.1) is 35.7 Å². The van der Waals surface area contributed by atoms with E-state index in [0.717, 1.165) is 51.4 Å². The molecule has 202 valence electrons. The standard InChI is InChI=1S/C30H41NO6/c1-5-37-26(33)29(4)14-8-13-28(3)23(29)12-16-30-19-27(2,15-11-24(28)30)25(32)21(30)18-36-17-20-9-6-7-10-22(20)31(34)35/h6-7,9-10,21,23-24H,5,8,11-19H2,1-4H3/t21-,23+,24+,27+,28-,29-,30-/m1/s1. The van der Waals surface area contributed by atoms with E-state index in [9.17, 15) is 19.7 Å². The van der Waals surface area contributed by atoms with Crippen LogP contribution in [0.4, 0.5) is 5.69 Å². The average molecular weight is 512 g/mol. The fourth-order valence-electron chi connectivity index (χ4n) is 9.64. The molecule has 1 aromatic rings. The zero-order valence-electron chi connectivity index (χ0n) is 22.7. The Kier molecular flexibility index (Phi) is 6.53. The number of rotatable bonds is 7. The van der Waals surface area contributed by atoms with E-state index >= 15 is 0 Å². The Balaban J connectivity index is 1.43. The number of esters is 1. The van der Waals surface area contributed by atoms with Gasteiger partial charge in [0.2, 0.25) is 0 Å². The van der Waals surface area contributed by atoms with Gasteiger partial charge in [0.25, 0.3) is 5.69 Å². The monoisotopic (exact) mass is 511 g/mol. The summed E-state index contributed by atoms with van der Waals surface area (Å²) in [5.41, 5.74) is -0.381. The topological polar surface area (TPSA) is 95.7 Å². The highest BCUT2D eigenvalue weighted by atomic mass is 16.6. The molecule has 7 atom stereocenters. The predicted molar refractivity (Wildman–Crippen MR) is 139 cm³/mol. The van der Waals surface area contributed by atoms with Gasteiger partial charge in [-0.2, -0.15) is 0 Å². The lowest BCUT2D eigenvalue weighted by atomic mass is 9.39. The van der Waals surface area contributed by atoms with Crippen molar-refractivity contribution >= 4 is 17.4 Å². The number of nitro benzene ring substituents is 1. The third-order valence-electron chi connectivity index (χ3n) is 11.1. The van der Waals surface area contributed by atoms with E-state index in [-0.39, 0.29) is 51.3 Å². The van der Waals surface area contributed by atoms with Crippen LogP contribution >= 0.6 is 0 Å². The molecule has 1 aromatic carbocycles. The van der Waals surface area contributed by atoms with Crippen LogP contribution in [0.3, 0.4) is 0 Å². The van der Waals surface area contributed by atoms with Crippen molar-refractivity contribution in [1.29, 1.82) is 0 Å². The van der Waals surface area contributed by atoms with E-state index in [1.165, 1.54) is 6.07 Å². The van der Waals surface area contributed by atoms with Crippen molar-refractivity contribution in [3.05, 3.63) is 39.9 Å². The Morgan fingerprint density at radius 2 is 1.81 bits per heavy atom. The molecule has 0 saturated heterocycles. The largest absolute Gasteiger partial charge is 0.466 e. The molecule has 0 aromatic heterocycles. The number of benzene rings is 1. The zero-order chi connectivity index (χ0) is 26.6. The molecule has 0 heterocycles. The first-order chi connectivity index (χ1) is 17.5. The normalized spacial score (nSPS) is 40.5. The van der Waals surface area contributed by atoms with Gasteiger partial charge in [0, 0.05) is 17.4 Å². The van der Waals surface area contributed by atoms with Gasteiger partial charge < -0.3 is 9.47 Å². The molecule has 0 amide bonds. The maximum atomic E-state index is 13.9. The van der Waals surface area contributed by atoms with E-state index in [2.05, 4.69) is 20.8 Å². The number of carbonyl (C=O) groups excluding carboxylic acids is 2. The van der Waals surface area contributed by atoms with Gasteiger partial charge in [-0.3, -0.25) is 19.7 Å². The summed E-state index contributed by atoms with van der Waals surface area (Å²) in [5.74, 6) is 0.642. The number of nitrogens with zero attached hydrogens (tertiary/aromatic N) is 1. The van der Waals surface area contributed by atoms with Gasteiger partial charge in [-0.1, -0.05) is 32.4 Å². The summed E-state index contributed by atoms with van der Waals surface area (Å²) in [7, 11) is 0. The first-order valence-electron chi connectivity index (χ1n) is 14.0. The minimum Gasteiger partial charge on any atom is -0.466 e. The van der Waals surface area contributed by atoms with Gasteiger partial charge in [-0.25, -0.2) is 0 Å². The number of para-hydroxylation sites is 1. The Bertz CT molecular complexity index is 1100. The van der Waals surface area contributed by atoms with Crippen molar-refractivity contribution in [3.63, 3.8) is 0 Å². The minimum absolute atomic E-state index is 0.0274. The summed E-state index contributed by atoms with van der Waals surface area (Å²) in [6.07, 6.45) is 7.57. The number of carbonyl (C=O) groups is 2. The molecule has 1 spiro atoms. The maximum Gasteiger partial charge on any atom is 0.312 e. The molecule has 0 unspecified atom stereocenters. The summed E-state index contributed by atoms with van der Waals surface area (Å²) in [6.45, 7) is 9.33. The van der Waals surface area contributed by atoms with Crippen molar-refractivity contribution in [1.82, 2.24) is 0 Å². The third-order valence-corrected chi connectivity index (χ3v) is 11.1. The second kappa shape index (κ2) is 9.18. The van der Waals surface area contributed by atoms with E-state index in [4.69, 9.17) is 9.47 Å². The van der Waals surface area contributed by atoms with Gasteiger partial charge in [-0.05, 0) is 87.5 Å². The fraction of sp³-hybridized carbons (Fsp3) is 0.733. The van der Waals surface area contributed by atoms with Crippen LogP contribution in [0.1, 0.15) is 84.6 Å². The third kappa shape index (κ3) is 3.86. The van der Waals surface area contributed by atoms with Crippen LogP contribution in [-0.4, -0.2) is 29.9 Å². The van der Waals surface area contributed by atoms with Crippen LogP contribution in [0.15, 0.2) is 24.3 Å². The number of nitro groups is 1. The first-order valence-corrected chi connectivity index (χ1v) is 14.0. The SMILES string of the molecule is CCOC(=O)[C@]1(C)CCC[C@@]2(C)[C@@H]3CC[C@@]4(C)C[C@]3(CC[C@@H]21)[C@H](COCc1ccccc1[N+](=O)[O-])C4=O. The van der Waals surface area contributed by atoms with Crippen molar-refractivity contribution in [2.24, 2.45) is 39.4 Å². The smallest absolute Gasteiger partial charge is 0.312 e. The van der Waals surface area contributed by atoms with Gasteiger partial charge in [0.15, 0.2) is 0 Å². The molecule has 2 bridgehead atoms. The summed E-state index contributed by atoms with van der Waals surface area (Å²) in [4.78, 5) is 38.2. The molecule has 0 aliphatic heterocycles. The lowest BCUT2D eigenvalue weighted by Gasteiger charge is -2.64. The molecule has 4 aliphatic rings. The molecule has 7 nitrogen and oxygen atoms in total. The number of hydrogen-bond acceptors (Lipinski definition) is 6. The molecule has 37 heavy (non-hydrogen) atoms. The van der Waals surface area contributed by atoms with Gasteiger partial charge in [-0.15, -0.1) is 0 Å². The highest BCUT2D eigenvalue weighted by Gasteiger charge is 2.71. The predicted octanol–water partition coefficient (Wildman–Crippen LogP) is 6.27. The van der Waals surface area contributed by atoms with Crippen molar-refractivity contribution in [2.75, 3.05) is 13.2 Å². The second-order valence-corrected chi connectivity index (χ2v) is 13.0. The Morgan fingerprint density at radius 1 is 1.08 bits per heavy atom. The second-order valence-electron chi connectivity index (χ2n) is 13.0. The van der Waals surface area contributed by atoms with Crippen molar-refractivity contribution in [2.45, 2.75) is 85.7 Å². The van der Waals surface area contributed by atoms with Crippen LogP contribution < -0.4 is 0 Å². The molecule has 4 saturated carbocycles. The minimum atomic E-state index is -0.480. The molecule has 0 N–H and O–H groups in total. The van der Waals surface area contributed by atoms with Crippen LogP contribution in [-0.2, 0) is 25.7 Å². The average Bonchev–Trinajstić information content (AvgIpc) is 3.00. The molecule has 0 radical (unpaired) electrons.